The van der Waals surface area contributed by atoms with Gasteiger partial charge in [0.05, 0.1) is 5.57 Å². The molecule has 2 N–H and O–H groups in total. The molecule has 0 saturated heterocycles. The van der Waals surface area contributed by atoms with Crippen molar-refractivity contribution in [3.63, 3.8) is 0 Å². The van der Waals surface area contributed by atoms with Gasteiger partial charge in [-0.1, -0.05) is 26.0 Å². The van der Waals surface area contributed by atoms with Crippen LogP contribution < -0.4 is 10.5 Å². The molecule has 0 bridgehead atoms. The summed E-state index contributed by atoms with van der Waals surface area (Å²) in [7, 11) is 0. The summed E-state index contributed by atoms with van der Waals surface area (Å²) in [5.74, 6) is -0.115. The van der Waals surface area contributed by atoms with E-state index in [1.54, 1.807) is 26.0 Å². The van der Waals surface area contributed by atoms with E-state index >= 15 is 0 Å². The Balaban J connectivity index is 1.55. The van der Waals surface area contributed by atoms with E-state index in [0.717, 1.165) is 24.8 Å². The molecule has 0 amide bonds. The molecule has 5 heteroatoms. The smallest absolute Gasteiger partial charge is 0.346 e. The molecule has 2 fully saturated rings. The SMILES string of the molecule is C/C(F)=C(\C=C(\F)C(C)C)C(=O)Oc1ccc(C2CCC(C3CCC(N)CC3)CC2)cc1. The quantitative estimate of drug-likeness (QED) is 0.219. The maximum atomic E-state index is 13.9. The first kappa shape index (κ1) is 24.6. The Morgan fingerprint density at radius 3 is 2.00 bits per heavy atom. The van der Waals surface area contributed by atoms with Crippen LogP contribution in [0.1, 0.15) is 83.6 Å². The van der Waals surface area contributed by atoms with Gasteiger partial charge in [0.1, 0.15) is 17.4 Å². The molecule has 3 nitrogen and oxygen atoms in total. The molecule has 2 aliphatic rings. The lowest BCUT2D eigenvalue weighted by Gasteiger charge is -2.37. The van der Waals surface area contributed by atoms with Crippen LogP contribution >= 0.6 is 0 Å². The highest BCUT2D eigenvalue weighted by Crippen LogP contribution is 2.43. The second kappa shape index (κ2) is 11.2. The van der Waals surface area contributed by atoms with Crippen LogP contribution in [0.5, 0.6) is 5.75 Å². The molecule has 0 atom stereocenters. The summed E-state index contributed by atoms with van der Waals surface area (Å²) in [6, 6.07) is 7.87. The van der Waals surface area contributed by atoms with Gasteiger partial charge in [0.15, 0.2) is 0 Å². The number of nitrogens with two attached hydrogens (primary N) is 1. The van der Waals surface area contributed by atoms with Crippen LogP contribution in [0.3, 0.4) is 0 Å². The van der Waals surface area contributed by atoms with E-state index in [4.69, 9.17) is 10.5 Å². The third kappa shape index (κ3) is 6.50. The van der Waals surface area contributed by atoms with Crippen molar-refractivity contribution in [1.29, 1.82) is 0 Å². The van der Waals surface area contributed by atoms with Crippen LogP contribution in [-0.4, -0.2) is 12.0 Å². The molecule has 0 radical (unpaired) electrons. The van der Waals surface area contributed by atoms with Gasteiger partial charge in [-0.25, -0.2) is 13.6 Å². The third-order valence-corrected chi connectivity index (χ3v) is 7.24. The molecule has 1 aromatic rings. The number of halogens is 2. The van der Waals surface area contributed by atoms with E-state index in [1.165, 1.54) is 56.9 Å². The summed E-state index contributed by atoms with van der Waals surface area (Å²) in [6.45, 7) is 4.40. The van der Waals surface area contributed by atoms with Crippen molar-refractivity contribution in [1.82, 2.24) is 0 Å². The minimum absolute atomic E-state index is 0.336. The standard InChI is InChI=1S/C27H37F2NO2/c1-17(2)26(29)16-25(18(3)28)27(31)32-24-14-10-22(11-15-24)20-6-4-19(5-7-20)21-8-12-23(30)13-9-21/h10-11,14-17,19-21,23H,4-9,12-13,30H2,1-3H3/b25-18-,26-16+. The average Bonchev–Trinajstić information content (AvgIpc) is 2.78. The Hall–Kier alpha value is -2.01. The number of allylic oxidation sites excluding steroid dienone is 2. The Morgan fingerprint density at radius 2 is 1.50 bits per heavy atom. The fraction of sp³-hybridized carbons (Fsp3) is 0.593. The second-order valence-electron chi connectivity index (χ2n) is 9.88. The van der Waals surface area contributed by atoms with Gasteiger partial charge < -0.3 is 10.5 Å². The van der Waals surface area contributed by atoms with Crippen LogP contribution in [0.2, 0.25) is 0 Å². The monoisotopic (exact) mass is 445 g/mol. The Labute approximate surface area is 191 Å². The average molecular weight is 446 g/mol. The normalized spacial score (nSPS) is 27.8. The van der Waals surface area contributed by atoms with Crippen molar-refractivity contribution in [2.75, 3.05) is 0 Å². The highest BCUT2D eigenvalue weighted by molar-refractivity contribution is 5.93. The Morgan fingerprint density at radius 1 is 0.969 bits per heavy atom. The molecule has 176 valence electrons. The number of carbonyl (C=O) groups is 1. The van der Waals surface area contributed by atoms with Gasteiger partial charge in [0.2, 0.25) is 0 Å². The van der Waals surface area contributed by atoms with Gasteiger partial charge in [-0.2, -0.15) is 0 Å². The van der Waals surface area contributed by atoms with E-state index in [0.29, 0.717) is 17.7 Å². The number of ether oxygens (including phenoxy) is 1. The van der Waals surface area contributed by atoms with Gasteiger partial charge >= 0.3 is 5.97 Å². The first-order valence-electron chi connectivity index (χ1n) is 12.1. The van der Waals surface area contributed by atoms with Gasteiger partial charge in [-0.05, 0) is 99.8 Å². The fourth-order valence-corrected chi connectivity index (χ4v) is 5.11. The molecular formula is C27H37F2NO2. The second-order valence-corrected chi connectivity index (χ2v) is 9.88. The van der Waals surface area contributed by atoms with E-state index in [2.05, 4.69) is 0 Å². The van der Waals surface area contributed by atoms with E-state index < -0.39 is 23.5 Å². The number of benzene rings is 1. The number of hydrogen-bond acceptors (Lipinski definition) is 3. The molecule has 0 heterocycles. The Kier molecular flexibility index (Phi) is 8.64. The van der Waals surface area contributed by atoms with Crippen LogP contribution in [0.4, 0.5) is 8.78 Å². The van der Waals surface area contributed by atoms with Crippen LogP contribution in [-0.2, 0) is 4.79 Å². The fourth-order valence-electron chi connectivity index (χ4n) is 5.11. The molecule has 0 spiro atoms. The summed E-state index contributed by atoms with van der Waals surface area (Å²) in [6.07, 6.45) is 10.7. The van der Waals surface area contributed by atoms with Crippen molar-refractivity contribution in [2.45, 2.75) is 84.1 Å². The predicted octanol–water partition coefficient (Wildman–Crippen LogP) is 7.14. The molecule has 32 heavy (non-hydrogen) atoms. The highest BCUT2D eigenvalue weighted by atomic mass is 19.1. The number of carbonyl (C=O) groups excluding carboxylic acids is 1. The lowest BCUT2D eigenvalue weighted by Crippen LogP contribution is -2.31. The summed E-state index contributed by atoms with van der Waals surface area (Å²) >= 11 is 0. The zero-order valence-electron chi connectivity index (χ0n) is 19.6. The first-order chi connectivity index (χ1) is 15.2. The molecule has 2 aliphatic carbocycles. The van der Waals surface area contributed by atoms with Gasteiger partial charge in [0.25, 0.3) is 0 Å². The molecule has 0 aliphatic heterocycles. The molecule has 0 aromatic heterocycles. The molecule has 3 rings (SSSR count). The van der Waals surface area contributed by atoms with Crippen molar-refractivity contribution < 1.29 is 18.3 Å². The van der Waals surface area contributed by atoms with E-state index in [-0.39, 0.29) is 5.57 Å². The predicted molar refractivity (Wildman–Crippen MR) is 125 cm³/mol. The number of rotatable bonds is 6. The summed E-state index contributed by atoms with van der Waals surface area (Å²) in [5.41, 5.74) is 6.92. The summed E-state index contributed by atoms with van der Waals surface area (Å²) < 4.78 is 33.0. The number of hydrogen-bond donors (Lipinski definition) is 1. The van der Waals surface area contributed by atoms with Crippen molar-refractivity contribution >= 4 is 5.97 Å². The lowest BCUT2D eigenvalue weighted by molar-refractivity contribution is -0.129. The Bertz CT molecular complexity index is 824. The van der Waals surface area contributed by atoms with Crippen molar-refractivity contribution in [3.8, 4) is 5.75 Å². The van der Waals surface area contributed by atoms with Gasteiger partial charge in [-0.15, -0.1) is 0 Å². The highest BCUT2D eigenvalue weighted by Gasteiger charge is 2.30. The molecule has 0 unspecified atom stereocenters. The van der Waals surface area contributed by atoms with Crippen LogP contribution in [0, 0.1) is 17.8 Å². The van der Waals surface area contributed by atoms with Crippen molar-refractivity contribution in [3.05, 3.63) is 53.1 Å². The third-order valence-electron chi connectivity index (χ3n) is 7.24. The van der Waals surface area contributed by atoms with Crippen molar-refractivity contribution in [2.24, 2.45) is 23.5 Å². The zero-order valence-corrected chi connectivity index (χ0v) is 19.6. The lowest BCUT2D eigenvalue weighted by atomic mass is 9.69. The maximum Gasteiger partial charge on any atom is 0.346 e. The molecular weight excluding hydrogens is 408 g/mol. The molecule has 2 saturated carbocycles. The van der Waals surface area contributed by atoms with E-state index in [9.17, 15) is 13.6 Å². The number of esters is 1. The summed E-state index contributed by atoms with van der Waals surface area (Å²) in [5, 5.41) is 0. The van der Waals surface area contributed by atoms with Gasteiger partial charge in [0, 0.05) is 12.0 Å². The van der Waals surface area contributed by atoms with Gasteiger partial charge in [-0.3, -0.25) is 0 Å². The maximum absolute atomic E-state index is 13.9. The molecule has 1 aromatic carbocycles. The summed E-state index contributed by atoms with van der Waals surface area (Å²) in [4.78, 5) is 12.4. The van der Waals surface area contributed by atoms with Crippen LogP contribution in [0.15, 0.2) is 47.6 Å². The topological polar surface area (TPSA) is 52.3 Å². The largest absolute Gasteiger partial charge is 0.423 e. The van der Waals surface area contributed by atoms with Crippen LogP contribution in [0.25, 0.3) is 0 Å². The minimum atomic E-state index is -0.888. The van der Waals surface area contributed by atoms with E-state index in [1.807, 2.05) is 12.1 Å². The minimum Gasteiger partial charge on any atom is -0.423 e. The first-order valence-corrected chi connectivity index (χ1v) is 12.1. The zero-order chi connectivity index (χ0) is 23.3.